The van der Waals surface area contributed by atoms with Crippen molar-refractivity contribution in [3.8, 4) is 5.75 Å². The second-order valence-electron chi connectivity index (χ2n) is 4.76. The van der Waals surface area contributed by atoms with Crippen LogP contribution < -0.4 is 10.1 Å². The van der Waals surface area contributed by atoms with Gasteiger partial charge in [-0.25, -0.2) is 0 Å². The summed E-state index contributed by atoms with van der Waals surface area (Å²) in [6.45, 7) is 5.67. The SMILES string of the molecule is CCCOc1cncc(C(=O)C2CCNC2C)c1. The zero-order valence-electron chi connectivity index (χ0n) is 11.0. The summed E-state index contributed by atoms with van der Waals surface area (Å²) in [5, 5.41) is 3.30. The second kappa shape index (κ2) is 5.96. The molecule has 2 atom stereocenters. The number of hydrogen-bond donors (Lipinski definition) is 1. The van der Waals surface area contributed by atoms with E-state index in [1.807, 2.05) is 6.92 Å². The van der Waals surface area contributed by atoms with E-state index in [0.717, 1.165) is 19.4 Å². The first kappa shape index (κ1) is 13.0. The number of ether oxygens (including phenoxy) is 1. The van der Waals surface area contributed by atoms with Crippen molar-refractivity contribution >= 4 is 5.78 Å². The van der Waals surface area contributed by atoms with E-state index >= 15 is 0 Å². The van der Waals surface area contributed by atoms with Gasteiger partial charge in [0, 0.05) is 23.7 Å². The summed E-state index contributed by atoms with van der Waals surface area (Å²) in [7, 11) is 0. The molecule has 1 aliphatic heterocycles. The maximum Gasteiger partial charge on any atom is 0.169 e. The van der Waals surface area contributed by atoms with Gasteiger partial charge in [0.1, 0.15) is 5.75 Å². The monoisotopic (exact) mass is 248 g/mol. The largest absolute Gasteiger partial charge is 0.492 e. The van der Waals surface area contributed by atoms with E-state index in [0.29, 0.717) is 17.9 Å². The third-order valence-electron chi connectivity index (χ3n) is 3.33. The molecule has 1 fully saturated rings. The Hall–Kier alpha value is -1.42. The Labute approximate surface area is 108 Å². The van der Waals surface area contributed by atoms with Crippen LogP contribution in [-0.2, 0) is 0 Å². The highest BCUT2D eigenvalue weighted by atomic mass is 16.5. The maximum atomic E-state index is 12.3. The molecule has 1 aromatic rings. The first-order valence-corrected chi connectivity index (χ1v) is 6.57. The number of hydrogen-bond acceptors (Lipinski definition) is 4. The summed E-state index contributed by atoms with van der Waals surface area (Å²) in [5.41, 5.74) is 0.657. The molecule has 0 bridgehead atoms. The van der Waals surface area contributed by atoms with Gasteiger partial charge in [0.05, 0.1) is 12.8 Å². The van der Waals surface area contributed by atoms with E-state index in [1.54, 1.807) is 18.5 Å². The average molecular weight is 248 g/mol. The second-order valence-corrected chi connectivity index (χ2v) is 4.76. The molecule has 0 aromatic carbocycles. The molecule has 0 spiro atoms. The topological polar surface area (TPSA) is 51.2 Å². The lowest BCUT2D eigenvalue weighted by Crippen LogP contribution is -2.28. The molecule has 0 radical (unpaired) electrons. The zero-order valence-corrected chi connectivity index (χ0v) is 11.0. The molecule has 2 heterocycles. The summed E-state index contributed by atoms with van der Waals surface area (Å²) in [4.78, 5) is 16.4. The van der Waals surface area contributed by atoms with Gasteiger partial charge >= 0.3 is 0 Å². The average Bonchev–Trinajstić information content (AvgIpc) is 2.82. The fourth-order valence-corrected chi connectivity index (χ4v) is 2.28. The van der Waals surface area contributed by atoms with Gasteiger partial charge < -0.3 is 10.1 Å². The Morgan fingerprint density at radius 2 is 2.39 bits per heavy atom. The molecule has 0 amide bonds. The molecule has 18 heavy (non-hydrogen) atoms. The molecule has 2 unspecified atom stereocenters. The smallest absolute Gasteiger partial charge is 0.169 e. The first-order valence-electron chi connectivity index (χ1n) is 6.57. The number of nitrogens with one attached hydrogen (secondary N) is 1. The molecule has 1 saturated heterocycles. The van der Waals surface area contributed by atoms with Crippen LogP contribution in [0.3, 0.4) is 0 Å². The van der Waals surface area contributed by atoms with E-state index < -0.39 is 0 Å². The minimum atomic E-state index is 0.0632. The van der Waals surface area contributed by atoms with Crippen LogP contribution >= 0.6 is 0 Å². The van der Waals surface area contributed by atoms with Crippen molar-refractivity contribution in [1.29, 1.82) is 0 Å². The summed E-state index contributed by atoms with van der Waals surface area (Å²) < 4.78 is 5.51. The van der Waals surface area contributed by atoms with Gasteiger partial charge in [-0.2, -0.15) is 0 Å². The summed E-state index contributed by atoms with van der Waals surface area (Å²) in [6, 6.07) is 2.05. The molecule has 0 aliphatic carbocycles. The number of carbonyl (C=O) groups is 1. The zero-order chi connectivity index (χ0) is 13.0. The van der Waals surface area contributed by atoms with Gasteiger partial charge in [-0.15, -0.1) is 0 Å². The van der Waals surface area contributed by atoms with E-state index in [-0.39, 0.29) is 17.7 Å². The first-order chi connectivity index (χ1) is 8.72. The molecule has 1 N–H and O–H groups in total. The minimum Gasteiger partial charge on any atom is -0.492 e. The normalized spacial score (nSPS) is 23.0. The molecule has 98 valence electrons. The number of ketones is 1. The third-order valence-corrected chi connectivity index (χ3v) is 3.33. The van der Waals surface area contributed by atoms with Gasteiger partial charge in [0.15, 0.2) is 5.78 Å². The van der Waals surface area contributed by atoms with Crippen LogP contribution in [0, 0.1) is 5.92 Å². The van der Waals surface area contributed by atoms with Crippen LogP contribution in [0.25, 0.3) is 0 Å². The molecule has 1 aromatic heterocycles. The summed E-state index contributed by atoms with van der Waals surface area (Å²) in [5.74, 6) is 0.913. The van der Waals surface area contributed by atoms with E-state index in [9.17, 15) is 4.79 Å². The van der Waals surface area contributed by atoms with Gasteiger partial charge in [0.2, 0.25) is 0 Å². The van der Waals surface area contributed by atoms with E-state index in [4.69, 9.17) is 4.74 Å². The fraction of sp³-hybridized carbons (Fsp3) is 0.571. The van der Waals surface area contributed by atoms with Crippen molar-refractivity contribution in [2.24, 2.45) is 5.92 Å². The standard InChI is InChI=1S/C14H20N2O2/c1-3-6-18-12-7-11(8-15-9-12)14(17)13-4-5-16-10(13)2/h7-10,13,16H,3-6H2,1-2H3. The predicted molar refractivity (Wildman–Crippen MR) is 69.9 cm³/mol. The Kier molecular flexibility index (Phi) is 4.31. The Balaban J connectivity index is 2.10. The summed E-state index contributed by atoms with van der Waals surface area (Å²) >= 11 is 0. The van der Waals surface area contributed by atoms with Gasteiger partial charge in [-0.3, -0.25) is 9.78 Å². The van der Waals surface area contributed by atoms with Crippen molar-refractivity contribution in [3.05, 3.63) is 24.0 Å². The van der Waals surface area contributed by atoms with Crippen molar-refractivity contribution in [2.45, 2.75) is 32.7 Å². The molecule has 4 heteroatoms. The summed E-state index contributed by atoms with van der Waals surface area (Å²) in [6.07, 6.45) is 5.14. The lowest BCUT2D eigenvalue weighted by molar-refractivity contribution is 0.0913. The van der Waals surface area contributed by atoms with Crippen LogP contribution in [0.1, 0.15) is 37.0 Å². The van der Waals surface area contributed by atoms with Crippen molar-refractivity contribution in [1.82, 2.24) is 10.3 Å². The number of pyridine rings is 1. The molecular weight excluding hydrogens is 228 g/mol. The highest BCUT2D eigenvalue weighted by Gasteiger charge is 2.30. The van der Waals surface area contributed by atoms with Crippen LogP contribution in [0.5, 0.6) is 5.75 Å². The Morgan fingerprint density at radius 3 is 3.06 bits per heavy atom. The van der Waals surface area contributed by atoms with Crippen LogP contribution in [-0.4, -0.2) is 30.0 Å². The predicted octanol–water partition coefficient (Wildman–Crippen LogP) is 2.05. The number of rotatable bonds is 5. The third kappa shape index (κ3) is 2.88. The van der Waals surface area contributed by atoms with Crippen molar-refractivity contribution in [3.63, 3.8) is 0 Å². The number of nitrogens with zero attached hydrogens (tertiary/aromatic N) is 1. The van der Waals surface area contributed by atoms with Crippen LogP contribution in [0.15, 0.2) is 18.5 Å². The van der Waals surface area contributed by atoms with Crippen LogP contribution in [0.2, 0.25) is 0 Å². The highest BCUT2D eigenvalue weighted by molar-refractivity contribution is 5.98. The molecular formula is C14H20N2O2. The van der Waals surface area contributed by atoms with Gasteiger partial charge in [-0.1, -0.05) is 6.92 Å². The van der Waals surface area contributed by atoms with Crippen molar-refractivity contribution in [2.75, 3.05) is 13.2 Å². The quantitative estimate of drug-likeness (QED) is 0.810. The number of carbonyl (C=O) groups excluding carboxylic acids is 1. The lowest BCUT2D eigenvalue weighted by Gasteiger charge is -2.14. The lowest BCUT2D eigenvalue weighted by atomic mass is 9.93. The fourth-order valence-electron chi connectivity index (χ4n) is 2.28. The molecule has 0 saturated carbocycles. The van der Waals surface area contributed by atoms with Gasteiger partial charge in [0.25, 0.3) is 0 Å². The highest BCUT2D eigenvalue weighted by Crippen LogP contribution is 2.22. The van der Waals surface area contributed by atoms with Crippen LogP contribution in [0.4, 0.5) is 0 Å². The maximum absolute atomic E-state index is 12.3. The molecule has 4 nitrogen and oxygen atoms in total. The number of aromatic nitrogens is 1. The number of Topliss-reactive ketones (excluding diaryl/α,β-unsaturated/α-hetero) is 1. The van der Waals surface area contributed by atoms with Crippen molar-refractivity contribution < 1.29 is 9.53 Å². The van der Waals surface area contributed by atoms with E-state index in [2.05, 4.69) is 17.2 Å². The van der Waals surface area contributed by atoms with E-state index in [1.165, 1.54) is 0 Å². The van der Waals surface area contributed by atoms with Gasteiger partial charge in [-0.05, 0) is 32.4 Å². The Bertz CT molecular complexity index is 420. The molecule has 2 rings (SSSR count). The minimum absolute atomic E-state index is 0.0632. The Morgan fingerprint density at radius 1 is 1.56 bits per heavy atom. The molecule has 1 aliphatic rings.